The van der Waals surface area contributed by atoms with E-state index in [9.17, 15) is 9.59 Å². The van der Waals surface area contributed by atoms with E-state index in [0.717, 1.165) is 53.9 Å². The third-order valence-corrected chi connectivity index (χ3v) is 8.74. The summed E-state index contributed by atoms with van der Waals surface area (Å²) in [4.78, 5) is 30.8. The highest BCUT2D eigenvalue weighted by molar-refractivity contribution is 5.95. The molecule has 9 heteroatoms. The number of ether oxygens (including phenoxy) is 3. The van der Waals surface area contributed by atoms with Gasteiger partial charge in [-0.3, -0.25) is 10.1 Å². The van der Waals surface area contributed by atoms with Gasteiger partial charge in [0.2, 0.25) is 6.79 Å². The zero-order chi connectivity index (χ0) is 32.6. The summed E-state index contributed by atoms with van der Waals surface area (Å²) in [6.45, 7) is 5.92. The highest BCUT2D eigenvalue weighted by Gasteiger charge is 2.22. The molecule has 3 N–H and O–H groups in total. The summed E-state index contributed by atoms with van der Waals surface area (Å²) in [5.41, 5.74) is 11.9. The lowest BCUT2D eigenvalue weighted by Crippen LogP contribution is -2.33. The SMILES string of the molecule is CC1CCN(c2ccc(-c3cccc(CN(CCCN)C(=O)c4ccc5c(c4)OCO5)c3)cc2NC(=O)OCc2ccccc2)CC1. The first kappa shape index (κ1) is 31.9. The van der Waals surface area contributed by atoms with E-state index < -0.39 is 6.09 Å². The van der Waals surface area contributed by atoms with Gasteiger partial charge in [0.1, 0.15) is 6.61 Å². The van der Waals surface area contributed by atoms with Crippen LogP contribution in [-0.4, -0.2) is 49.9 Å². The number of benzene rings is 4. The van der Waals surface area contributed by atoms with Crippen molar-refractivity contribution in [3.63, 3.8) is 0 Å². The fourth-order valence-electron chi connectivity index (χ4n) is 6.03. The predicted octanol–water partition coefficient (Wildman–Crippen LogP) is 7.06. The zero-order valence-electron chi connectivity index (χ0n) is 26.8. The maximum atomic E-state index is 13.6. The first-order valence-electron chi connectivity index (χ1n) is 16.3. The number of nitrogens with one attached hydrogen (secondary N) is 1. The Kier molecular flexibility index (Phi) is 10.2. The van der Waals surface area contributed by atoms with Crippen molar-refractivity contribution in [3.05, 3.63) is 108 Å². The first-order chi connectivity index (χ1) is 23.0. The number of piperidine rings is 1. The van der Waals surface area contributed by atoms with Crippen LogP contribution in [0.25, 0.3) is 11.1 Å². The fraction of sp³-hybridized carbons (Fsp3) is 0.316. The number of hydrogen-bond donors (Lipinski definition) is 2. The summed E-state index contributed by atoms with van der Waals surface area (Å²) in [5, 5.41) is 3.03. The Balaban J connectivity index is 1.23. The maximum Gasteiger partial charge on any atom is 0.412 e. The molecule has 2 amide bonds. The Hall–Kier alpha value is -5.02. The smallest absolute Gasteiger partial charge is 0.412 e. The third-order valence-electron chi connectivity index (χ3n) is 8.74. The normalized spacial score (nSPS) is 14.1. The largest absolute Gasteiger partial charge is 0.454 e. The van der Waals surface area contributed by atoms with E-state index in [1.165, 1.54) is 0 Å². The average Bonchev–Trinajstić information content (AvgIpc) is 3.58. The minimum Gasteiger partial charge on any atom is -0.454 e. The molecule has 4 aromatic rings. The summed E-state index contributed by atoms with van der Waals surface area (Å²) in [5.74, 6) is 1.80. The summed E-state index contributed by atoms with van der Waals surface area (Å²) in [7, 11) is 0. The molecule has 0 unspecified atom stereocenters. The maximum absolute atomic E-state index is 13.6. The second-order valence-electron chi connectivity index (χ2n) is 12.2. The molecular formula is C38H42N4O5. The fourth-order valence-corrected chi connectivity index (χ4v) is 6.03. The number of carbonyl (C=O) groups excluding carboxylic acids is 2. The molecule has 0 saturated carbocycles. The van der Waals surface area contributed by atoms with Crippen molar-refractivity contribution >= 4 is 23.4 Å². The van der Waals surface area contributed by atoms with Crippen LogP contribution in [0.15, 0.2) is 91.0 Å². The molecule has 0 spiro atoms. The first-order valence-corrected chi connectivity index (χ1v) is 16.3. The number of carbonyl (C=O) groups is 2. The van der Waals surface area contributed by atoms with E-state index in [1.807, 2.05) is 59.5 Å². The van der Waals surface area contributed by atoms with Gasteiger partial charge in [0, 0.05) is 31.7 Å². The minimum atomic E-state index is -0.496. The summed E-state index contributed by atoms with van der Waals surface area (Å²) in [6.07, 6.45) is 2.40. The Labute approximate surface area is 276 Å². The Morgan fingerprint density at radius 2 is 1.66 bits per heavy atom. The van der Waals surface area contributed by atoms with E-state index in [-0.39, 0.29) is 19.3 Å². The van der Waals surface area contributed by atoms with Gasteiger partial charge in [0.15, 0.2) is 11.5 Å². The lowest BCUT2D eigenvalue weighted by atomic mass is 9.97. The van der Waals surface area contributed by atoms with Gasteiger partial charge in [-0.05, 0) is 90.4 Å². The molecule has 0 aromatic heterocycles. The van der Waals surface area contributed by atoms with Gasteiger partial charge in [0.25, 0.3) is 5.91 Å². The number of nitrogens with two attached hydrogens (primary N) is 1. The van der Waals surface area contributed by atoms with E-state index in [1.54, 1.807) is 18.2 Å². The Bertz CT molecular complexity index is 1690. The minimum absolute atomic E-state index is 0.0946. The number of hydrogen-bond acceptors (Lipinski definition) is 7. The van der Waals surface area contributed by atoms with Crippen LogP contribution in [0, 0.1) is 5.92 Å². The van der Waals surface area contributed by atoms with Crippen LogP contribution in [0.4, 0.5) is 16.2 Å². The summed E-state index contributed by atoms with van der Waals surface area (Å²) < 4.78 is 16.5. The molecule has 1 saturated heterocycles. The van der Waals surface area contributed by atoms with Gasteiger partial charge in [-0.1, -0.05) is 61.5 Å². The van der Waals surface area contributed by atoms with Crippen LogP contribution in [0.3, 0.4) is 0 Å². The van der Waals surface area contributed by atoms with Crippen molar-refractivity contribution in [3.8, 4) is 22.6 Å². The molecule has 1 fully saturated rings. The van der Waals surface area contributed by atoms with Gasteiger partial charge in [-0.2, -0.15) is 0 Å². The second kappa shape index (κ2) is 15.0. The van der Waals surface area contributed by atoms with Crippen LogP contribution in [0.5, 0.6) is 11.5 Å². The van der Waals surface area contributed by atoms with E-state index in [0.29, 0.717) is 54.7 Å². The number of nitrogens with zero attached hydrogens (tertiary/aromatic N) is 2. The van der Waals surface area contributed by atoms with Crippen molar-refractivity contribution in [2.45, 2.75) is 39.3 Å². The monoisotopic (exact) mass is 634 g/mol. The lowest BCUT2D eigenvalue weighted by molar-refractivity contribution is 0.0741. The molecular weight excluding hydrogens is 592 g/mol. The summed E-state index contributed by atoms with van der Waals surface area (Å²) >= 11 is 0. The molecule has 9 nitrogen and oxygen atoms in total. The van der Waals surface area contributed by atoms with Gasteiger partial charge in [-0.15, -0.1) is 0 Å². The molecule has 6 rings (SSSR count). The van der Waals surface area contributed by atoms with Gasteiger partial charge < -0.3 is 29.7 Å². The van der Waals surface area contributed by atoms with E-state index in [4.69, 9.17) is 19.9 Å². The predicted molar refractivity (Wildman–Crippen MR) is 184 cm³/mol. The van der Waals surface area contributed by atoms with Crippen LogP contribution in [-0.2, 0) is 17.9 Å². The van der Waals surface area contributed by atoms with Gasteiger partial charge in [0.05, 0.1) is 11.4 Å². The Morgan fingerprint density at radius 3 is 2.47 bits per heavy atom. The van der Waals surface area contributed by atoms with Crippen LogP contribution >= 0.6 is 0 Å². The summed E-state index contributed by atoms with van der Waals surface area (Å²) in [6, 6.07) is 29.3. The van der Waals surface area contributed by atoms with Crippen molar-refractivity contribution < 1.29 is 23.8 Å². The highest BCUT2D eigenvalue weighted by Crippen LogP contribution is 2.35. The average molecular weight is 635 g/mol. The number of rotatable bonds is 11. The van der Waals surface area contributed by atoms with Gasteiger partial charge in [-0.25, -0.2) is 4.79 Å². The standard InChI is InChI=1S/C38H42N4O5/c1-27-15-19-41(20-16-27)34-13-11-31(22-33(34)40-38(44)45-25-28-7-3-2-4-8-28)30-10-5-9-29(21-30)24-42(18-6-17-39)37(43)32-12-14-35-36(23-32)47-26-46-35/h2-5,7-14,21-23,27H,6,15-20,24-26,39H2,1H3,(H,40,44). The van der Waals surface area contributed by atoms with Crippen molar-refractivity contribution in [2.75, 3.05) is 43.2 Å². The van der Waals surface area contributed by atoms with Crippen LogP contribution in [0.1, 0.15) is 47.7 Å². The molecule has 0 atom stereocenters. The molecule has 2 heterocycles. The van der Waals surface area contributed by atoms with Crippen molar-refractivity contribution in [1.29, 1.82) is 0 Å². The molecule has 244 valence electrons. The zero-order valence-corrected chi connectivity index (χ0v) is 26.8. The van der Waals surface area contributed by atoms with Crippen LogP contribution in [0.2, 0.25) is 0 Å². The molecule has 0 aliphatic carbocycles. The number of amides is 2. The second-order valence-corrected chi connectivity index (χ2v) is 12.2. The molecule has 0 bridgehead atoms. The van der Waals surface area contributed by atoms with Gasteiger partial charge >= 0.3 is 6.09 Å². The molecule has 2 aliphatic rings. The quantitative estimate of drug-likeness (QED) is 0.182. The number of fused-ring (bicyclic) bond motifs is 1. The highest BCUT2D eigenvalue weighted by atomic mass is 16.7. The Morgan fingerprint density at radius 1 is 0.894 bits per heavy atom. The van der Waals surface area contributed by atoms with E-state index in [2.05, 4.69) is 35.3 Å². The van der Waals surface area contributed by atoms with E-state index >= 15 is 0 Å². The van der Waals surface area contributed by atoms with Crippen molar-refractivity contribution in [1.82, 2.24) is 4.90 Å². The topological polar surface area (TPSA) is 106 Å². The molecule has 47 heavy (non-hydrogen) atoms. The lowest BCUT2D eigenvalue weighted by Gasteiger charge is -2.33. The van der Waals surface area contributed by atoms with Crippen molar-refractivity contribution in [2.24, 2.45) is 11.7 Å². The molecule has 0 radical (unpaired) electrons. The number of anilines is 2. The third kappa shape index (κ3) is 8.04. The van der Waals surface area contributed by atoms with Crippen LogP contribution < -0.4 is 25.4 Å². The molecule has 2 aliphatic heterocycles. The molecule has 4 aromatic carbocycles.